The minimum Gasteiger partial charge on any atom is -0.340 e. The highest BCUT2D eigenvalue weighted by Gasteiger charge is 2.19. The molecule has 1 aliphatic heterocycles. The van der Waals surface area contributed by atoms with Crippen molar-refractivity contribution in [1.29, 1.82) is 0 Å². The van der Waals surface area contributed by atoms with E-state index in [1.807, 2.05) is 11.7 Å². The fourth-order valence-corrected chi connectivity index (χ4v) is 4.02. The Labute approximate surface area is 151 Å². The average Bonchev–Trinajstić information content (AvgIpc) is 3.30. The van der Waals surface area contributed by atoms with E-state index >= 15 is 0 Å². The maximum Gasteiger partial charge on any atom is 0.244 e. The molecule has 0 aliphatic carbocycles. The number of rotatable bonds is 5. The zero-order chi connectivity index (χ0) is 18.3. The van der Waals surface area contributed by atoms with Gasteiger partial charge in [0.05, 0.1) is 11.9 Å². The molecule has 0 atom stereocenters. The van der Waals surface area contributed by atoms with E-state index in [1.54, 1.807) is 6.20 Å². The van der Waals surface area contributed by atoms with Crippen molar-refractivity contribution in [3.63, 3.8) is 0 Å². The van der Waals surface area contributed by atoms with Gasteiger partial charge in [-0.2, -0.15) is 10.1 Å². The Morgan fingerprint density at radius 2 is 1.92 bits per heavy atom. The summed E-state index contributed by atoms with van der Waals surface area (Å²) in [7, 11) is -1.45. The fourth-order valence-electron chi connectivity index (χ4n) is 3.24. The molecule has 0 bridgehead atoms. The molecule has 138 valence electrons. The summed E-state index contributed by atoms with van der Waals surface area (Å²) >= 11 is 0. The second kappa shape index (κ2) is 6.35. The van der Waals surface area contributed by atoms with Gasteiger partial charge in [-0.15, -0.1) is 5.10 Å². The van der Waals surface area contributed by atoms with Crippen molar-refractivity contribution in [2.45, 2.75) is 30.6 Å². The maximum absolute atomic E-state index is 11.9. The van der Waals surface area contributed by atoms with E-state index in [0.29, 0.717) is 18.5 Å². The van der Waals surface area contributed by atoms with Crippen LogP contribution in [0.3, 0.4) is 0 Å². The summed E-state index contributed by atoms with van der Waals surface area (Å²) in [6.45, 7) is 2.02. The van der Waals surface area contributed by atoms with Crippen LogP contribution < -0.4 is 4.90 Å². The Morgan fingerprint density at radius 1 is 1.15 bits per heavy atom. The molecule has 0 N–H and O–H groups in total. The SMILES string of the molecule is Cn1nc(N2CCCC2)nc1CCc1cn2nccc(S(C)(=O)=O)c2n1. The second-order valence-electron chi connectivity index (χ2n) is 6.61. The first kappa shape index (κ1) is 17.0. The van der Waals surface area contributed by atoms with Crippen LogP contribution >= 0.6 is 0 Å². The van der Waals surface area contributed by atoms with Crippen LogP contribution in [0.25, 0.3) is 5.65 Å². The molecule has 4 rings (SSSR count). The van der Waals surface area contributed by atoms with Crippen molar-refractivity contribution in [2.75, 3.05) is 24.2 Å². The lowest BCUT2D eigenvalue weighted by atomic mass is 10.2. The van der Waals surface area contributed by atoms with Gasteiger partial charge in [-0.25, -0.2) is 17.9 Å². The highest BCUT2D eigenvalue weighted by atomic mass is 32.2. The first-order valence-electron chi connectivity index (χ1n) is 8.60. The van der Waals surface area contributed by atoms with Gasteiger partial charge in [0.1, 0.15) is 10.7 Å². The Balaban J connectivity index is 1.55. The van der Waals surface area contributed by atoms with Gasteiger partial charge in [-0.05, 0) is 25.3 Å². The van der Waals surface area contributed by atoms with E-state index in [2.05, 4.69) is 25.1 Å². The Hall–Kier alpha value is -2.49. The third kappa shape index (κ3) is 3.16. The summed E-state index contributed by atoms with van der Waals surface area (Å²) < 4.78 is 27.1. The summed E-state index contributed by atoms with van der Waals surface area (Å²) in [4.78, 5) is 11.5. The van der Waals surface area contributed by atoms with Crippen LogP contribution in [0.15, 0.2) is 23.4 Å². The molecule has 1 saturated heterocycles. The lowest BCUT2D eigenvalue weighted by molar-refractivity contribution is 0.601. The van der Waals surface area contributed by atoms with Gasteiger partial charge in [0.25, 0.3) is 0 Å². The van der Waals surface area contributed by atoms with Crippen molar-refractivity contribution in [2.24, 2.45) is 7.05 Å². The molecule has 0 amide bonds. The lowest BCUT2D eigenvalue weighted by Crippen LogP contribution is -2.19. The molecule has 0 unspecified atom stereocenters. The zero-order valence-corrected chi connectivity index (χ0v) is 15.6. The number of anilines is 1. The first-order valence-corrected chi connectivity index (χ1v) is 10.5. The van der Waals surface area contributed by atoms with E-state index in [4.69, 9.17) is 0 Å². The number of hydrogen-bond donors (Lipinski definition) is 0. The first-order chi connectivity index (χ1) is 12.4. The molecule has 1 fully saturated rings. The molecule has 9 nitrogen and oxygen atoms in total. The number of aryl methyl sites for hydroxylation is 3. The number of sulfone groups is 1. The van der Waals surface area contributed by atoms with E-state index in [9.17, 15) is 8.42 Å². The minimum absolute atomic E-state index is 0.189. The topological polar surface area (TPSA) is 98.3 Å². The Kier molecular flexibility index (Phi) is 4.14. The van der Waals surface area contributed by atoms with Crippen LogP contribution in [-0.4, -0.2) is 57.1 Å². The maximum atomic E-state index is 11.9. The smallest absolute Gasteiger partial charge is 0.244 e. The van der Waals surface area contributed by atoms with Gasteiger partial charge in [-0.3, -0.25) is 4.68 Å². The molecule has 0 saturated carbocycles. The summed E-state index contributed by atoms with van der Waals surface area (Å²) in [6, 6.07) is 1.48. The van der Waals surface area contributed by atoms with E-state index < -0.39 is 9.84 Å². The molecule has 1 aliphatic rings. The summed E-state index contributed by atoms with van der Waals surface area (Å²) in [5, 5.41) is 8.66. The molecular weight excluding hydrogens is 354 g/mol. The molecule has 3 aromatic rings. The second-order valence-corrected chi connectivity index (χ2v) is 8.60. The molecule has 26 heavy (non-hydrogen) atoms. The molecule has 0 spiro atoms. The quantitative estimate of drug-likeness (QED) is 0.645. The number of aromatic nitrogens is 6. The van der Waals surface area contributed by atoms with E-state index in [0.717, 1.165) is 30.6 Å². The van der Waals surface area contributed by atoms with Crippen molar-refractivity contribution < 1.29 is 8.42 Å². The van der Waals surface area contributed by atoms with Crippen LogP contribution in [-0.2, 0) is 29.7 Å². The Morgan fingerprint density at radius 3 is 2.65 bits per heavy atom. The van der Waals surface area contributed by atoms with Crippen LogP contribution in [0.4, 0.5) is 5.95 Å². The standard InChI is InChI=1S/C16H21N7O2S/c1-21-14(19-16(20-21)22-9-3-4-10-22)6-5-12-11-23-15(18-12)13(7-8-17-23)26(2,24)25/h7-8,11H,3-6,9-10H2,1-2H3. The summed E-state index contributed by atoms with van der Waals surface area (Å²) in [5.74, 6) is 1.68. The van der Waals surface area contributed by atoms with Gasteiger partial charge in [0.15, 0.2) is 15.5 Å². The van der Waals surface area contributed by atoms with Gasteiger partial charge < -0.3 is 4.90 Å². The number of nitrogens with zero attached hydrogens (tertiary/aromatic N) is 7. The third-order valence-corrected chi connectivity index (χ3v) is 5.73. The largest absolute Gasteiger partial charge is 0.340 e. The van der Waals surface area contributed by atoms with E-state index in [1.165, 1.54) is 35.9 Å². The number of fused-ring (bicyclic) bond motifs is 1. The van der Waals surface area contributed by atoms with Gasteiger partial charge in [0, 0.05) is 39.0 Å². The fraction of sp³-hybridized carbons (Fsp3) is 0.500. The predicted molar refractivity (Wildman–Crippen MR) is 96.0 cm³/mol. The van der Waals surface area contributed by atoms with Crippen molar-refractivity contribution in [3.05, 3.63) is 30.0 Å². The molecule has 0 radical (unpaired) electrons. The van der Waals surface area contributed by atoms with E-state index in [-0.39, 0.29) is 4.90 Å². The molecule has 10 heteroatoms. The summed E-state index contributed by atoms with van der Waals surface area (Å²) in [5.41, 5.74) is 1.14. The summed E-state index contributed by atoms with van der Waals surface area (Å²) in [6.07, 6.45) is 8.10. The normalized spacial score (nSPS) is 15.2. The van der Waals surface area contributed by atoms with Gasteiger partial charge in [0.2, 0.25) is 5.95 Å². The van der Waals surface area contributed by atoms with Crippen LogP contribution in [0, 0.1) is 0 Å². The third-order valence-electron chi connectivity index (χ3n) is 4.61. The average molecular weight is 375 g/mol. The molecule has 4 heterocycles. The molecule has 3 aromatic heterocycles. The van der Waals surface area contributed by atoms with Crippen LogP contribution in [0.1, 0.15) is 24.4 Å². The van der Waals surface area contributed by atoms with Crippen molar-refractivity contribution >= 4 is 21.4 Å². The van der Waals surface area contributed by atoms with Gasteiger partial charge >= 0.3 is 0 Å². The highest BCUT2D eigenvalue weighted by molar-refractivity contribution is 7.90. The Bertz CT molecular complexity index is 1050. The molecule has 0 aromatic carbocycles. The number of hydrogen-bond acceptors (Lipinski definition) is 7. The predicted octanol–water partition coefficient (Wildman–Crippen LogP) is 0.647. The minimum atomic E-state index is -3.35. The van der Waals surface area contributed by atoms with Crippen molar-refractivity contribution in [1.82, 2.24) is 29.4 Å². The number of imidazole rings is 1. The zero-order valence-electron chi connectivity index (χ0n) is 14.8. The molecular formula is C16H21N7O2S. The van der Waals surface area contributed by atoms with Crippen molar-refractivity contribution in [3.8, 4) is 0 Å². The van der Waals surface area contributed by atoms with Gasteiger partial charge in [-0.1, -0.05) is 0 Å². The monoisotopic (exact) mass is 375 g/mol. The lowest BCUT2D eigenvalue weighted by Gasteiger charge is -2.10. The van der Waals surface area contributed by atoms with Crippen LogP contribution in [0.5, 0.6) is 0 Å². The highest BCUT2D eigenvalue weighted by Crippen LogP contribution is 2.18. The van der Waals surface area contributed by atoms with Crippen LogP contribution in [0.2, 0.25) is 0 Å².